The summed E-state index contributed by atoms with van der Waals surface area (Å²) in [5.74, 6) is -2.29. The minimum absolute atomic E-state index is 0.0400. The van der Waals surface area contributed by atoms with E-state index in [1.54, 1.807) is 12.2 Å². The van der Waals surface area contributed by atoms with Crippen LogP contribution < -0.4 is 0 Å². The van der Waals surface area contributed by atoms with Gasteiger partial charge in [0.1, 0.15) is 0 Å². The summed E-state index contributed by atoms with van der Waals surface area (Å²) in [6.07, 6.45) is -1.34. The van der Waals surface area contributed by atoms with E-state index in [-0.39, 0.29) is 27.1 Å². The second-order valence-corrected chi connectivity index (χ2v) is 6.57. The minimum atomic E-state index is -4.59. The fourth-order valence-electron chi connectivity index (χ4n) is 3.39. The number of fused-ring (bicyclic) bond motifs is 5. The van der Waals surface area contributed by atoms with E-state index < -0.39 is 35.3 Å². The predicted molar refractivity (Wildman–Crippen MR) is 81.4 cm³/mol. The number of Topliss-reactive ketones (excluding diaryl/α,β-unsaturated/α-hetero) is 1. The first-order valence-corrected chi connectivity index (χ1v) is 7.76. The summed E-state index contributed by atoms with van der Waals surface area (Å²) in [6, 6.07) is 3.36. The van der Waals surface area contributed by atoms with Gasteiger partial charge in [0.25, 0.3) is 0 Å². The Kier molecular flexibility index (Phi) is 2.97. The monoisotopic (exact) mass is 399 g/mol. The van der Waals surface area contributed by atoms with Crippen LogP contribution >= 0.6 is 15.9 Å². The number of carbonyl (C=O) groups is 1. The number of nitrogens with zero attached hydrogens (tertiary/aromatic N) is 1. The van der Waals surface area contributed by atoms with Gasteiger partial charge >= 0.3 is 6.18 Å². The van der Waals surface area contributed by atoms with Crippen molar-refractivity contribution in [2.45, 2.75) is 18.0 Å². The number of alkyl halides is 3. The molecule has 124 valence electrons. The summed E-state index contributed by atoms with van der Waals surface area (Å²) in [5.41, 5.74) is -0.436. The molecule has 0 saturated heterocycles. The van der Waals surface area contributed by atoms with Gasteiger partial charge in [-0.1, -0.05) is 28.1 Å². The highest BCUT2D eigenvalue weighted by atomic mass is 79.9. The summed E-state index contributed by atoms with van der Waals surface area (Å²) in [7, 11) is 0. The van der Waals surface area contributed by atoms with Crippen molar-refractivity contribution < 1.29 is 28.2 Å². The molecular formula is C16H9BrF3NO3. The van der Waals surface area contributed by atoms with Gasteiger partial charge in [0, 0.05) is 15.6 Å². The molecule has 2 bridgehead atoms. The first-order valence-electron chi connectivity index (χ1n) is 6.97. The highest BCUT2D eigenvalue weighted by Crippen LogP contribution is 2.55. The van der Waals surface area contributed by atoms with Crippen LogP contribution in [0.4, 0.5) is 13.2 Å². The topological polar surface area (TPSA) is 62.5 Å². The molecule has 2 atom stereocenters. The molecule has 1 aromatic heterocycles. The Morgan fingerprint density at radius 2 is 1.58 bits per heavy atom. The van der Waals surface area contributed by atoms with E-state index in [0.29, 0.717) is 0 Å². The van der Waals surface area contributed by atoms with E-state index in [2.05, 4.69) is 15.9 Å². The van der Waals surface area contributed by atoms with Crippen LogP contribution in [0.1, 0.15) is 28.5 Å². The molecule has 1 heterocycles. The molecule has 4 rings (SSSR count). The number of rotatable bonds is 1. The van der Waals surface area contributed by atoms with Gasteiger partial charge < -0.3 is 10.2 Å². The van der Waals surface area contributed by atoms with Crippen LogP contribution in [0.15, 0.2) is 34.8 Å². The molecule has 0 amide bonds. The molecule has 2 aliphatic rings. The quantitative estimate of drug-likeness (QED) is 0.712. The highest BCUT2D eigenvalue weighted by molar-refractivity contribution is 9.10. The first-order chi connectivity index (χ1) is 11.2. The number of aromatic nitrogens is 1. The standard InChI is InChI=1S/C16H9BrF3NO3/c17-10-4-1-6(5-9(10)16(18,19)20)21-14(23)11-7-2-3-8(13(7)22)12(11)15(21)24/h1-5,7-8,23-24H/t7-,8+. The van der Waals surface area contributed by atoms with Gasteiger partial charge in [-0.25, -0.2) is 0 Å². The van der Waals surface area contributed by atoms with E-state index in [1.165, 1.54) is 12.1 Å². The fraction of sp³-hybridized carbons (Fsp3) is 0.188. The van der Waals surface area contributed by atoms with Crippen molar-refractivity contribution in [3.8, 4) is 17.4 Å². The zero-order chi connectivity index (χ0) is 17.4. The number of hydrogen-bond donors (Lipinski definition) is 2. The van der Waals surface area contributed by atoms with Crippen LogP contribution in [-0.2, 0) is 11.0 Å². The Hall–Kier alpha value is -2.22. The number of hydrogen-bond acceptors (Lipinski definition) is 3. The van der Waals surface area contributed by atoms with E-state index in [4.69, 9.17) is 0 Å². The third-order valence-corrected chi connectivity index (χ3v) is 5.13. The van der Waals surface area contributed by atoms with Gasteiger partial charge in [0.05, 0.1) is 23.1 Å². The number of benzene rings is 1. The maximum atomic E-state index is 13.1. The molecule has 0 aliphatic heterocycles. The molecule has 2 aromatic rings. The smallest absolute Gasteiger partial charge is 0.417 e. The van der Waals surface area contributed by atoms with Crippen molar-refractivity contribution in [3.05, 3.63) is 51.5 Å². The van der Waals surface area contributed by atoms with Gasteiger partial charge in [-0.05, 0) is 18.2 Å². The first kappa shape index (κ1) is 15.3. The number of halogens is 4. The van der Waals surface area contributed by atoms with Crippen LogP contribution in [0.3, 0.4) is 0 Å². The van der Waals surface area contributed by atoms with Crippen LogP contribution in [0.5, 0.6) is 11.8 Å². The fourth-order valence-corrected chi connectivity index (χ4v) is 3.86. The largest absolute Gasteiger partial charge is 0.494 e. The zero-order valence-electron chi connectivity index (χ0n) is 11.8. The molecule has 4 nitrogen and oxygen atoms in total. The molecule has 0 radical (unpaired) electrons. The van der Waals surface area contributed by atoms with E-state index >= 15 is 0 Å². The normalized spacial score (nSPS) is 21.6. The Morgan fingerprint density at radius 1 is 1.04 bits per heavy atom. The molecule has 0 unspecified atom stereocenters. The molecule has 0 fully saturated rings. The Bertz CT molecular complexity index is 890. The highest BCUT2D eigenvalue weighted by Gasteiger charge is 2.48. The van der Waals surface area contributed by atoms with Gasteiger partial charge in [-0.3, -0.25) is 9.36 Å². The van der Waals surface area contributed by atoms with Gasteiger partial charge in [-0.2, -0.15) is 13.2 Å². The summed E-state index contributed by atoms with van der Waals surface area (Å²) in [4.78, 5) is 12.0. The third kappa shape index (κ3) is 1.83. The Morgan fingerprint density at radius 3 is 2.08 bits per heavy atom. The lowest BCUT2D eigenvalue weighted by molar-refractivity contribution is -0.138. The van der Waals surface area contributed by atoms with Crippen molar-refractivity contribution >= 4 is 21.7 Å². The third-order valence-electron chi connectivity index (χ3n) is 4.44. The van der Waals surface area contributed by atoms with Crippen LogP contribution in [-0.4, -0.2) is 20.6 Å². The summed E-state index contributed by atoms with van der Waals surface area (Å²) < 4.78 is 40.0. The van der Waals surface area contributed by atoms with E-state index in [0.717, 1.165) is 10.6 Å². The minimum Gasteiger partial charge on any atom is -0.494 e. The maximum absolute atomic E-state index is 13.1. The predicted octanol–water partition coefficient (Wildman–Crippen LogP) is 3.99. The SMILES string of the molecule is O=C1[C@H]2C=C[C@@H]1c1c2c(O)n(-c2ccc(Br)c(C(F)(F)F)c2)c1O. The number of allylic oxidation sites excluding steroid dienone is 2. The molecule has 2 N–H and O–H groups in total. The average molecular weight is 400 g/mol. The molecule has 8 heteroatoms. The van der Waals surface area contributed by atoms with Crippen LogP contribution in [0, 0.1) is 0 Å². The van der Waals surface area contributed by atoms with Gasteiger partial charge in [0.2, 0.25) is 11.8 Å². The molecular weight excluding hydrogens is 391 g/mol. The summed E-state index contributed by atoms with van der Waals surface area (Å²) in [5, 5.41) is 20.8. The van der Waals surface area contributed by atoms with Crippen molar-refractivity contribution in [2.75, 3.05) is 0 Å². The second kappa shape index (κ2) is 4.66. The van der Waals surface area contributed by atoms with Crippen molar-refractivity contribution in [1.29, 1.82) is 0 Å². The average Bonchev–Trinajstić information content (AvgIpc) is 3.09. The zero-order valence-corrected chi connectivity index (χ0v) is 13.4. The Balaban J connectivity index is 1.92. The lowest BCUT2D eigenvalue weighted by Crippen LogP contribution is -2.08. The molecule has 2 aliphatic carbocycles. The molecule has 24 heavy (non-hydrogen) atoms. The summed E-state index contributed by atoms with van der Waals surface area (Å²) >= 11 is 2.85. The lowest BCUT2D eigenvalue weighted by atomic mass is 10.0. The number of aromatic hydroxyl groups is 2. The van der Waals surface area contributed by atoms with Crippen LogP contribution in [0.25, 0.3) is 5.69 Å². The van der Waals surface area contributed by atoms with Gasteiger partial charge in [-0.15, -0.1) is 0 Å². The summed E-state index contributed by atoms with van der Waals surface area (Å²) in [6.45, 7) is 0. The van der Waals surface area contributed by atoms with Crippen molar-refractivity contribution in [3.63, 3.8) is 0 Å². The van der Waals surface area contributed by atoms with Gasteiger partial charge in [0.15, 0.2) is 5.78 Å². The maximum Gasteiger partial charge on any atom is 0.417 e. The van der Waals surface area contributed by atoms with Crippen LogP contribution in [0.2, 0.25) is 0 Å². The van der Waals surface area contributed by atoms with Crippen molar-refractivity contribution in [2.24, 2.45) is 0 Å². The van der Waals surface area contributed by atoms with E-state index in [1.807, 2.05) is 0 Å². The second-order valence-electron chi connectivity index (χ2n) is 5.71. The molecule has 0 saturated carbocycles. The van der Waals surface area contributed by atoms with Crippen molar-refractivity contribution in [1.82, 2.24) is 4.57 Å². The number of ketones is 1. The lowest BCUT2D eigenvalue weighted by Gasteiger charge is -2.14. The Labute approximate surface area is 142 Å². The number of carbonyl (C=O) groups excluding carboxylic acids is 1. The molecule has 0 spiro atoms. The molecule has 1 aromatic carbocycles. The van der Waals surface area contributed by atoms with E-state index in [9.17, 15) is 28.2 Å².